The molecule has 0 amide bonds. The molecule has 1 atom stereocenters. The van der Waals surface area contributed by atoms with Crippen LogP contribution in [0.5, 0.6) is 0 Å². The lowest BCUT2D eigenvalue weighted by molar-refractivity contribution is -0.142. The predicted molar refractivity (Wildman–Crippen MR) is 93.1 cm³/mol. The van der Waals surface area contributed by atoms with E-state index in [1.807, 2.05) is 0 Å². The first-order valence-corrected chi connectivity index (χ1v) is 9.14. The highest BCUT2D eigenvalue weighted by Crippen LogP contribution is 2.23. The molecule has 4 heteroatoms. The van der Waals surface area contributed by atoms with Crippen molar-refractivity contribution in [2.24, 2.45) is 11.8 Å². The standard InChI is InChI=1S/C19H36O4/c1-16(2)17(15-19(21)23-4)13-11-9-7-5-6-8-10-12-14-18(20)22-3/h16-17H,5-15H2,1-4H3. The highest BCUT2D eigenvalue weighted by Gasteiger charge is 2.17. The number of carbonyl (C=O) groups is 2. The molecule has 0 aromatic heterocycles. The van der Waals surface area contributed by atoms with Gasteiger partial charge in [-0.25, -0.2) is 0 Å². The van der Waals surface area contributed by atoms with Gasteiger partial charge in [-0.1, -0.05) is 58.8 Å². The number of hydrogen-bond donors (Lipinski definition) is 0. The summed E-state index contributed by atoms with van der Waals surface area (Å²) in [7, 11) is 2.91. The van der Waals surface area contributed by atoms with Gasteiger partial charge in [0, 0.05) is 12.8 Å². The summed E-state index contributed by atoms with van der Waals surface area (Å²) in [6.07, 6.45) is 11.7. The van der Waals surface area contributed by atoms with Crippen LogP contribution in [0.15, 0.2) is 0 Å². The molecule has 0 radical (unpaired) electrons. The average Bonchev–Trinajstić information content (AvgIpc) is 2.54. The van der Waals surface area contributed by atoms with Crippen molar-refractivity contribution < 1.29 is 19.1 Å². The second kappa shape index (κ2) is 14.5. The molecular formula is C19H36O4. The molecule has 0 aliphatic rings. The van der Waals surface area contributed by atoms with Crippen LogP contribution < -0.4 is 0 Å². The minimum absolute atomic E-state index is 0.0874. The van der Waals surface area contributed by atoms with Crippen molar-refractivity contribution in [2.75, 3.05) is 14.2 Å². The third-order valence-electron chi connectivity index (χ3n) is 4.53. The maximum Gasteiger partial charge on any atom is 0.305 e. The molecule has 1 unspecified atom stereocenters. The molecule has 0 saturated heterocycles. The summed E-state index contributed by atoms with van der Waals surface area (Å²) in [6.45, 7) is 4.36. The Morgan fingerprint density at radius 2 is 1.22 bits per heavy atom. The molecule has 0 aromatic rings. The van der Waals surface area contributed by atoms with Gasteiger partial charge in [0.1, 0.15) is 0 Å². The van der Waals surface area contributed by atoms with Crippen LogP contribution in [-0.4, -0.2) is 26.2 Å². The summed E-state index contributed by atoms with van der Waals surface area (Å²) in [5, 5.41) is 0. The lowest BCUT2D eigenvalue weighted by Crippen LogP contribution is -2.15. The SMILES string of the molecule is COC(=O)CCCCCCCCCCC(CC(=O)OC)C(C)C. The van der Waals surface area contributed by atoms with Crippen molar-refractivity contribution in [1.29, 1.82) is 0 Å². The fourth-order valence-electron chi connectivity index (χ4n) is 2.81. The number of methoxy groups -OCH3 is 2. The van der Waals surface area contributed by atoms with Gasteiger partial charge in [-0.2, -0.15) is 0 Å². The quantitative estimate of drug-likeness (QED) is 0.336. The third kappa shape index (κ3) is 13.1. The Hall–Kier alpha value is -1.06. The van der Waals surface area contributed by atoms with E-state index < -0.39 is 0 Å². The van der Waals surface area contributed by atoms with Gasteiger partial charge in [0.2, 0.25) is 0 Å². The van der Waals surface area contributed by atoms with Crippen molar-refractivity contribution in [3.05, 3.63) is 0 Å². The van der Waals surface area contributed by atoms with E-state index in [0.717, 1.165) is 19.3 Å². The van der Waals surface area contributed by atoms with Gasteiger partial charge in [0.15, 0.2) is 0 Å². The van der Waals surface area contributed by atoms with Gasteiger partial charge in [-0.05, 0) is 24.7 Å². The van der Waals surface area contributed by atoms with E-state index in [2.05, 4.69) is 18.6 Å². The first-order valence-electron chi connectivity index (χ1n) is 9.14. The molecule has 4 nitrogen and oxygen atoms in total. The molecule has 23 heavy (non-hydrogen) atoms. The lowest BCUT2D eigenvalue weighted by Gasteiger charge is -2.19. The Labute approximate surface area is 142 Å². The van der Waals surface area contributed by atoms with Crippen LogP contribution in [-0.2, 0) is 19.1 Å². The number of carbonyl (C=O) groups excluding carboxylic acids is 2. The molecular weight excluding hydrogens is 292 g/mol. The molecule has 0 rings (SSSR count). The smallest absolute Gasteiger partial charge is 0.305 e. The molecule has 0 bridgehead atoms. The Kier molecular flexibility index (Phi) is 13.9. The predicted octanol–water partition coefficient (Wildman–Crippen LogP) is 4.90. The first-order chi connectivity index (χ1) is 11.0. The molecule has 0 N–H and O–H groups in total. The Bertz CT molecular complexity index is 312. The fraction of sp³-hybridized carbons (Fsp3) is 0.895. The summed E-state index contributed by atoms with van der Waals surface area (Å²) in [5.41, 5.74) is 0. The molecule has 136 valence electrons. The summed E-state index contributed by atoms with van der Waals surface area (Å²) >= 11 is 0. The highest BCUT2D eigenvalue weighted by molar-refractivity contribution is 5.69. The van der Waals surface area contributed by atoms with E-state index in [4.69, 9.17) is 4.74 Å². The highest BCUT2D eigenvalue weighted by atomic mass is 16.5. The van der Waals surface area contributed by atoms with Crippen molar-refractivity contribution in [3.63, 3.8) is 0 Å². The van der Waals surface area contributed by atoms with Gasteiger partial charge in [0.05, 0.1) is 14.2 Å². The van der Waals surface area contributed by atoms with Crippen LogP contribution in [0.3, 0.4) is 0 Å². The van der Waals surface area contributed by atoms with Gasteiger partial charge >= 0.3 is 11.9 Å². The Morgan fingerprint density at radius 1 is 0.739 bits per heavy atom. The van der Waals surface area contributed by atoms with Crippen LogP contribution >= 0.6 is 0 Å². The minimum atomic E-state index is -0.100. The van der Waals surface area contributed by atoms with Crippen molar-refractivity contribution >= 4 is 11.9 Å². The van der Waals surface area contributed by atoms with E-state index in [0.29, 0.717) is 24.7 Å². The molecule has 0 fully saturated rings. The summed E-state index contributed by atoms with van der Waals surface area (Å²) in [4.78, 5) is 22.4. The zero-order chi connectivity index (χ0) is 17.5. The molecule has 0 aliphatic carbocycles. The van der Waals surface area contributed by atoms with E-state index in [-0.39, 0.29) is 11.9 Å². The molecule has 0 aromatic carbocycles. The lowest BCUT2D eigenvalue weighted by atomic mass is 9.87. The van der Waals surface area contributed by atoms with Crippen LogP contribution in [0.2, 0.25) is 0 Å². The van der Waals surface area contributed by atoms with E-state index in [9.17, 15) is 9.59 Å². The van der Waals surface area contributed by atoms with E-state index in [1.165, 1.54) is 52.7 Å². The molecule has 0 aliphatic heterocycles. The third-order valence-corrected chi connectivity index (χ3v) is 4.53. The fourth-order valence-corrected chi connectivity index (χ4v) is 2.81. The van der Waals surface area contributed by atoms with Crippen LogP contribution in [0.4, 0.5) is 0 Å². The minimum Gasteiger partial charge on any atom is -0.469 e. The van der Waals surface area contributed by atoms with Gasteiger partial charge in [-0.3, -0.25) is 9.59 Å². The largest absolute Gasteiger partial charge is 0.469 e. The zero-order valence-corrected chi connectivity index (χ0v) is 15.6. The van der Waals surface area contributed by atoms with Gasteiger partial charge in [0.25, 0.3) is 0 Å². The maximum absolute atomic E-state index is 11.4. The van der Waals surface area contributed by atoms with Crippen LogP contribution in [0.1, 0.15) is 84.5 Å². The zero-order valence-electron chi connectivity index (χ0n) is 15.6. The van der Waals surface area contributed by atoms with Crippen molar-refractivity contribution in [3.8, 4) is 0 Å². The first kappa shape index (κ1) is 21.9. The van der Waals surface area contributed by atoms with Gasteiger partial charge in [-0.15, -0.1) is 0 Å². The van der Waals surface area contributed by atoms with Gasteiger partial charge < -0.3 is 9.47 Å². The van der Waals surface area contributed by atoms with E-state index in [1.54, 1.807) is 0 Å². The number of esters is 2. The summed E-state index contributed by atoms with van der Waals surface area (Å²) in [6, 6.07) is 0. The summed E-state index contributed by atoms with van der Waals surface area (Å²) in [5.74, 6) is 0.789. The Morgan fingerprint density at radius 3 is 1.70 bits per heavy atom. The number of hydrogen-bond acceptors (Lipinski definition) is 4. The maximum atomic E-state index is 11.4. The second-order valence-electron chi connectivity index (χ2n) is 6.73. The number of unbranched alkanes of at least 4 members (excludes halogenated alkanes) is 7. The molecule has 0 heterocycles. The van der Waals surface area contributed by atoms with Crippen LogP contribution in [0.25, 0.3) is 0 Å². The number of ether oxygens (including phenoxy) is 2. The molecule has 0 spiro atoms. The monoisotopic (exact) mass is 328 g/mol. The Balaban J connectivity index is 3.49. The summed E-state index contributed by atoms with van der Waals surface area (Å²) < 4.78 is 9.40. The number of rotatable bonds is 14. The molecule has 0 saturated carbocycles. The van der Waals surface area contributed by atoms with Crippen molar-refractivity contribution in [1.82, 2.24) is 0 Å². The average molecular weight is 328 g/mol. The van der Waals surface area contributed by atoms with Crippen molar-refractivity contribution in [2.45, 2.75) is 84.5 Å². The topological polar surface area (TPSA) is 52.6 Å². The second-order valence-corrected chi connectivity index (χ2v) is 6.73. The van der Waals surface area contributed by atoms with Crippen LogP contribution in [0, 0.1) is 11.8 Å². The normalized spacial score (nSPS) is 12.2. The van der Waals surface area contributed by atoms with E-state index >= 15 is 0 Å².